The number of carbonyl (C=O) groups excluding carboxylic acids is 1. The Hall–Kier alpha value is -2.32. The lowest BCUT2D eigenvalue weighted by Gasteiger charge is -2.28. The Bertz CT molecular complexity index is 1050. The lowest BCUT2D eigenvalue weighted by molar-refractivity contribution is 0.0952. The second-order valence-corrected chi connectivity index (χ2v) is 9.10. The van der Waals surface area contributed by atoms with Crippen molar-refractivity contribution in [3.05, 3.63) is 41.0 Å². The van der Waals surface area contributed by atoms with Crippen molar-refractivity contribution >= 4 is 46.1 Å². The molecule has 2 aromatic heterocycles. The predicted molar refractivity (Wildman–Crippen MR) is 126 cm³/mol. The van der Waals surface area contributed by atoms with Gasteiger partial charge in [0.1, 0.15) is 5.82 Å². The van der Waals surface area contributed by atoms with Gasteiger partial charge in [0.2, 0.25) is 0 Å². The molecule has 3 aromatic rings. The Morgan fingerprint density at radius 3 is 2.84 bits per heavy atom. The molecule has 0 spiro atoms. The molecule has 1 aromatic carbocycles. The minimum Gasteiger partial charge on any atom is -0.356 e. The maximum Gasteiger partial charge on any atom is 0.251 e. The number of halogens is 1. The summed E-state index contributed by atoms with van der Waals surface area (Å²) in [5, 5.41) is 9.81. The van der Waals surface area contributed by atoms with Crippen LogP contribution in [0.4, 0.5) is 5.82 Å². The van der Waals surface area contributed by atoms with E-state index in [1.807, 2.05) is 10.9 Å². The van der Waals surface area contributed by atoms with Crippen LogP contribution in [0.3, 0.4) is 0 Å². The molecular formula is C22H27ClN6OS. The Balaban J connectivity index is 1.52. The fourth-order valence-corrected chi connectivity index (χ4v) is 4.58. The van der Waals surface area contributed by atoms with Crippen molar-refractivity contribution in [3.8, 4) is 0 Å². The molecule has 31 heavy (non-hydrogen) atoms. The molecule has 3 heterocycles. The molecule has 0 bridgehead atoms. The molecule has 1 fully saturated rings. The van der Waals surface area contributed by atoms with Crippen molar-refractivity contribution in [1.29, 1.82) is 0 Å². The third-order valence-corrected chi connectivity index (χ3v) is 6.53. The van der Waals surface area contributed by atoms with Gasteiger partial charge in [-0.2, -0.15) is 5.10 Å². The zero-order chi connectivity index (χ0) is 21.6. The van der Waals surface area contributed by atoms with Crippen LogP contribution in [0.1, 0.15) is 43.0 Å². The van der Waals surface area contributed by atoms with E-state index >= 15 is 0 Å². The smallest absolute Gasteiger partial charge is 0.251 e. The summed E-state index contributed by atoms with van der Waals surface area (Å²) >= 11 is 7.67. The summed E-state index contributed by atoms with van der Waals surface area (Å²) in [5.41, 5.74) is 1.37. The van der Waals surface area contributed by atoms with E-state index in [1.54, 1.807) is 36.0 Å². The zero-order valence-electron chi connectivity index (χ0n) is 17.7. The summed E-state index contributed by atoms with van der Waals surface area (Å²) in [6.07, 6.45) is 6.57. The van der Waals surface area contributed by atoms with Crippen molar-refractivity contribution in [2.75, 3.05) is 30.3 Å². The standard InChI is InChI=1S/C22H27ClN6OS/c1-2-13-31-22-26-19(28-10-4-3-5-11-28)18-15-25-29(20(18)27-22)12-9-24-21(30)16-7-6-8-17(23)14-16/h6-8,14-15H,2-5,9-13H2,1H3,(H,24,30). The Morgan fingerprint density at radius 1 is 1.23 bits per heavy atom. The molecule has 7 nitrogen and oxygen atoms in total. The molecule has 0 aliphatic carbocycles. The zero-order valence-corrected chi connectivity index (χ0v) is 19.3. The van der Waals surface area contributed by atoms with E-state index in [2.05, 4.69) is 22.2 Å². The Kier molecular flexibility index (Phi) is 7.29. The second-order valence-electron chi connectivity index (χ2n) is 7.60. The van der Waals surface area contributed by atoms with Gasteiger partial charge in [-0.05, 0) is 43.9 Å². The molecule has 1 amide bonds. The van der Waals surface area contributed by atoms with Crippen molar-refractivity contribution in [3.63, 3.8) is 0 Å². The monoisotopic (exact) mass is 458 g/mol. The first kappa shape index (κ1) is 21.9. The Morgan fingerprint density at radius 2 is 2.06 bits per heavy atom. The second kappa shape index (κ2) is 10.3. The molecule has 0 saturated carbocycles. The highest BCUT2D eigenvalue weighted by molar-refractivity contribution is 7.99. The van der Waals surface area contributed by atoms with Gasteiger partial charge in [0, 0.05) is 36.0 Å². The average Bonchev–Trinajstić information content (AvgIpc) is 3.20. The van der Waals surface area contributed by atoms with Gasteiger partial charge in [-0.3, -0.25) is 4.79 Å². The van der Waals surface area contributed by atoms with Crippen LogP contribution in [0.5, 0.6) is 0 Å². The average molecular weight is 459 g/mol. The van der Waals surface area contributed by atoms with E-state index in [1.165, 1.54) is 19.3 Å². The number of rotatable bonds is 8. The molecule has 4 rings (SSSR count). The van der Waals surface area contributed by atoms with Crippen LogP contribution in [0.2, 0.25) is 5.02 Å². The Labute approximate surface area is 191 Å². The summed E-state index contributed by atoms with van der Waals surface area (Å²) in [4.78, 5) is 24.4. The fraction of sp³-hybridized carbons (Fsp3) is 0.455. The topological polar surface area (TPSA) is 75.9 Å². The van der Waals surface area contributed by atoms with E-state index in [4.69, 9.17) is 21.6 Å². The number of fused-ring (bicyclic) bond motifs is 1. The van der Waals surface area contributed by atoms with E-state index in [-0.39, 0.29) is 5.91 Å². The number of anilines is 1. The number of piperidine rings is 1. The van der Waals surface area contributed by atoms with Gasteiger partial charge in [-0.1, -0.05) is 36.4 Å². The lowest BCUT2D eigenvalue weighted by Crippen LogP contribution is -2.30. The molecule has 1 aliphatic rings. The van der Waals surface area contributed by atoms with Crippen LogP contribution < -0.4 is 10.2 Å². The summed E-state index contributed by atoms with van der Waals surface area (Å²) in [5.74, 6) is 1.81. The number of thioether (sulfide) groups is 1. The number of nitrogens with one attached hydrogen (secondary N) is 1. The van der Waals surface area contributed by atoms with Gasteiger partial charge in [0.15, 0.2) is 10.8 Å². The van der Waals surface area contributed by atoms with Gasteiger partial charge in [0.25, 0.3) is 5.91 Å². The highest BCUT2D eigenvalue weighted by atomic mass is 35.5. The van der Waals surface area contributed by atoms with E-state index in [9.17, 15) is 4.79 Å². The number of hydrogen-bond acceptors (Lipinski definition) is 6. The summed E-state index contributed by atoms with van der Waals surface area (Å²) in [6, 6.07) is 6.93. The summed E-state index contributed by atoms with van der Waals surface area (Å²) in [6.45, 7) is 5.17. The van der Waals surface area contributed by atoms with Gasteiger partial charge in [-0.15, -0.1) is 0 Å². The van der Waals surface area contributed by atoms with Crippen LogP contribution >= 0.6 is 23.4 Å². The molecule has 0 unspecified atom stereocenters. The van der Waals surface area contributed by atoms with Crippen molar-refractivity contribution in [2.45, 2.75) is 44.3 Å². The molecule has 0 radical (unpaired) electrons. The third-order valence-electron chi connectivity index (χ3n) is 5.24. The summed E-state index contributed by atoms with van der Waals surface area (Å²) < 4.78 is 1.86. The summed E-state index contributed by atoms with van der Waals surface area (Å²) in [7, 11) is 0. The van der Waals surface area contributed by atoms with E-state index < -0.39 is 0 Å². The highest BCUT2D eigenvalue weighted by Gasteiger charge is 2.20. The van der Waals surface area contributed by atoms with Crippen molar-refractivity contribution in [2.24, 2.45) is 0 Å². The number of aromatic nitrogens is 4. The maximum absolute atomic E-state index is 12.4. The molecular weight excluding hydrogens is 432 g/mol. The minimum atomic E-state index is -0.151. The lowest BCUT2D eigenvalue weighted by atomic mass is 10.1. The number of hydrogen-bond donors (Lipinski definition) is 1. The van der Waals surface area contributed by atoms with Crippen molar-refractivity contribution in [1.82, 2.24) is 25.1 Å². The molecule has 164 valence electrons. The first-order chi connectivity index (χ1) is 15.2. The molecule has 1 aliphatic heterocycles. The van der Waals surface area contributed by atoms with Crippen LogP contribution in [0.15, 0.2) is 35.6 Å². The quantitative estimate of drug-likeness (QED) is 0.398. The fourth-order valence-electron chi connectivity index (χ4n) is 3.70. The van der Waals surface area contributed by atoms with Crippen LogP contribution in [-0.2, 0) is 6.54 Å². The normalized spacial score (nSPS) is 14.2. The highest BCUT2D eigenvalue weighted by Crippen LogP contribution is 2.29. The van der Waals surface area contributed by atoms with E-state index in [0.29, 0.717) is 23.7 Å². The number of benzene rings is 1. The maximum atomic E-state index is 12.4. The number of carbonyl (C=O) groups is 1. The molecule has 9 heteroatoms. The van der Waals surface area contributed by atoms with Gasteiger partial charge >= 0.3 is 0 Å². The molecule has 0 atom stereocenters. The SMILES string of the molecule is CCCSc1nc(N2CCCCC2)c2cnn(CCNC(=O)c3cccc(Cl)c3)c2n1. The van der Waals surface area contributed by atoms with Gasteiger partial charge < -0.3 is 10.2 Å². The largest absolute Gasteiger partial charge is 0.356 e. The van der Waals surface area contributed by atoms with Crippen molar-refractivity contribution < 1.29 is 4.79 Å². The van der Waals surface area contributed by atoms with Crippen LogP contribution in [0, 0.1) is 0 Å². The van der Waals surface area contributed by atoms with Gasteiger partial charge in [-0.25, -0.2) is 14.6 Å². The number of amides is 1. The first-order valence-electron chi connectivity index (χ1n) is 10.8. The molecule has 1 saturated heterocycles. The van der Waals surface area contributed by atoms with Crippen LogP contribution in [-0.4, -0.2) is 51.0 Å². The minimum absolute atomic E-state index is 0.151. The number of nitrogens with zero attached hydrogens (tertiary/aromatic N) is 5. The third kappa shape index (κ3) is 5.30. The van der Waals surface area contributed by atoms with Gasteiger partial charge in [0.05, 0.1) is 18.1 Å². The first-order valence-corrected chi connectivity index (χ1v) is 12.2. The van der Waals surface area contributed by atoms with E-state index in [0.717, 1.165) is 47.3 Å². The molecule has 1 N–H and O–H groups in total. The predicted octanol–water partition coefficient (Wildman–Crippen LogP) is 4.40. The van der Waals surface area contributed by atoms with Crippen LogP contribution in [0.25, 0.3) is 11.0 Å².